The number of likely N-dealkylation sites (N-methyl/N-ethyl adjacent to an activating group) is 1. The Hall–Kier alpha value is -1.35. The van der Waals surface area contributed by atoms with Gasteiger partial charge in [0.25, 0.3) is 0 Å². The summed E-state index contributed by atoms with van der Waals surface area (Å²) in [6.07, 6.45) is 5.54. The molecular weight excluding hydrogens is 236 g/mol. The smallest absolute Gasteiger partial charge is 0.240 e. The summed E-state index contributed by atoms with van der Waals surface area (Å²) in [6, 6.07) is 8.94. The molecule has 2 aliphatic rings. The van der Waals surface area contributed by atoms with Gasteiger partial charge in [-0.2, -0.15) is 0 Å². The van der Waals surface area contributed by atoms with Crippen molar-refractivity contribution in [2.75, 3.05) is 13.6 Å². The molecule has 0 radical (unpaired) electrons. The van der Waals surface area contributed by atoms with Crippen LogP contribution < -0.4 is 5.32 Å². The third-order valence-corrected chi connectivity index (χ3v) is 4.54. The van der Waals surface area contributed by atoms with Gasteiger partial charge in [0.2, 0.25) is 5.91 Å². The Bertz CT molecular complexity index is 472. The summed E-state index contributed by atoms with van der Waals surface area (Å²) in [7, 11) is 1.89. The van der Waals surface area contributed by atoms with Gasteiger partial charge in [0.05, 0.1) is 12.1 Å². The molecule has 0 bridgehead atoms. The normalized spacial score (nSPS) is 27.2. The molecule has 1 N–H and O–H groups in total. The number of benzene rings is 1. The highest BCUT2D eigenvalue weighted by atomic mass is 16.2. The molecular formula is C16H22N2O. The number of nitrogens with one attached hydrogen (secondary N) is 1. The number of nitrogens with zero attached hydrogens (tertiary/aromatic N) is 1. The molecule has 0 spiro atoms. The average Bonchev–Trinajstić information content (AvgIpc) is 2.47. The third-order valence-electron chi connectivity index (χ3n) is 4.54. The van der Waals surface area contributed by atoms with Crippen molar-refractivity contribution in [3.05, 3.63) is 35.4 Å². The first kappa shape index (κ1) is 12.7. The fourth-order valence-electron chi connectivity index (χ4n) is 3.53. The predicted molar refractivity (Wildman–Crippen MR) is 75.9 cm³/mol. The van der Waals surface area contributed by atoms with Crippen LogP contribution in [0.1, 0.15) is 42.9 Å². The second-order valence-corrected chi connectivity index (χ2v) is 5.62. The highest BCUT2D eigenvalue weighted by molar-refractivity contribution is 5.83. The van der Waals surface area contributed by atoms with E-state index in [0.717, 1.165) is 32.2 Å². The molecule has 2 unspecified atom stereocenters. The number of carbonyl (C=O) groups is 1. The van der Waals surface area contributed by atoms with Crippen LogP contribution in [0, 0.1) is 0 Å². The van der Waals surface area contributed by atoms with Crippen molar-refractivity contribution in [1.29, 1.82) is 0 Å². The lowest BCUT2D eigenvalue weighted by atomic mass is 9.85. The number of likely N-dealkylation sites (tertiary alicyclic amines) is 1. The lowest BCUT2D eigenvalue weighted by molar-refractivity contribution is -0.138. The highest BCUT2D eigenvalue weighted by Crippen LogP contribution is 2.35. The molecule has 1 saturated heterocycles. The number of hydrogen-bond donors (Lipinski definition) is 1. The van der Waals surface area contributed by atoms with E-state index in [1.807, 2.05) is 7.05 Å². The number of aryl methyl sites for hydroxylation is 1. The lowest BCUT2D eigenvalue weighted by Crippen LogP contribution is -2.51. The van der Waals surface area contributed by atoms with E-state index in [0.29, 0.717) is 6.04 Å². The molecule has 3 heteroatoms. The van der Waals surface area contributed by atoms with E-state index in [9.17, 15) is 4.79 Å². The molecule has 1 aromatic rings. The second-order valence-electron chi connectivity index (χ2n) is 5.62. The van der Waals surface area contributed by atoms with Crippen molar-refractivity contribution in [1.82, 2.24) is 10.2 Å². The number of carbonyl (C=O) groups excluding carboxylic acids is 1. The zero-order chi connectivity index (χ0) is 13.2. The van der Waals surface area contributed by atoms with Gasteiger partial charge >= 0.3 is 0 Å². The maximum atomic E-state index is 12.5. The molecule has 3 nitrogen and oxygen atoms in total. The quantitative estimate of drug-likeness (QED) is 0.882. The number of piperidine rings is 1. The molecule has 1 aliphatic carbocycles. The van der Waals surface area contributed by atoms with Crippen molar-refractivity contribution >= 4 is 5.91 Å². The van der Waals surface area contributed by atoms with Gasteiger partial charge in [0, 0.05) is 6.54 Å². The summed E-state index contributed by atoms with van der Waals surface area (Å²) in [5, 5.41) is 3.16. The molecule has 102 valence electrons. The maximum absolute atomic E-state index is 12.5. The van der Waals surface area contributed by atoms with Gasteiger partial charge in [-0.25, -0.2) is 0 Å². The zero-order valence-corrected chi connectivity index (χ0v) is 11.6. The SMILES string of the molecule is CNC1CCCN(C2CCCc3ccccc32)C1=O. The lowest BCUT2D eigenvalue weighted by Gasteiger charge is -2.40. The topological polar surface area (TPSA) is 32.3 Å². The van der Waals surface area contributed by atoms with Gasteiger partial charge in [0.15, 0.2) is 0 Å². The molecule has 0 saturated carbocycles. The summed E-state index contributed by atoms with van der Waals surface area (Å²) in [6.45, 7) is 0.913. The summed E-state index contributed by atoms with van der Waals surface area (Å²) >= 11 is 0. The maximum Gasteiger partial charge on any atom is 0.240 e. The van der Waals surface area contributed by atoms with Crippen LogP contribution in [0.15, 0.2) is 24.3 Å². The van der Waals surface area contributed by atoms with Crippen molar-refractivity contribution < 1.29 is 4.79 Å². The number of rotatable bonds is 2. The van der Waals surface area contributed by atoms with Gasteiger partial charge in [-0.05, 0) is 50.3 Å². The van der Waals surface area contributed by atoms with E-state index in [4.69, 9.17) is 0 Å². The average molecular weight is 258 g/mol. The minimum Gasteiger partial charge on any atom is -0.334 e. The monoisotopic (exact) mass is 258 g/mol. The first-order valence-electron chi connectivity index (χ1n) is 7.37. The minimum atomic E-state index is 0.0165. The molecule has 2 atom stereocenters. The van der Waals surface area contributed by atoms with Crippen molar-refractivity contribution in [3.8, 4) is 0 Å². The van der Waals surface area contributed by atoms with Gasteiger partial charge in [-0.1, -0.05) is 24.3 Å². The summed E-state index contributed by atoms with van der Waals surface area (Å²) in [5.74, 6) is 0.287. The van der Waals surface area contributed by atoms with Crippen LogP contribution in [0.25, 0.3) is 0 Å². The minimum absolute atomic E-state index is 0.0165. The van der Waals surface area contributed by atoms with Crippen LogP contribution in [-0.2, 0) is 11.2 Å². The van der Waals surface area contributed by atoms with Gasteiger partial charge in [0.1, 0.15) is 0 Å². The Kier molecular flexibility index (Phi) is 3.56. The molecule has 1 fully saturated rings. The number of fused-ring (bicyclic) bond motifs is 1. The van der Waals surface area contributed by atoms with Crippen molar-refractivity contribution in [2.45, 2.75) is 44.2 Å². The largest absolute Gasteiger partial charge is 0.334 e. The van der Waals surface area contributed by atoms with Crippen LogP contribution in [0.4, 0.5) is 0 Å². The van der Waals surface area contributed by atoms with Crippen LogP contribution in [-0.4, -0.2) is 30.4 Å². The van der Waals surface area contributed by atoms with Crippen LogP contribution >= 0.6 is 0 Å². The molecule has 1 heterocycles. The summed E-state index contributed by atoms with van der Waals surface area (Å²) in [5.41, 5.74) is 2.80. The molecule has 1 aromatic carbocycles. The first-order valence-corrected chi connectivity index (χ1v) is 7.37. The molecule has 3 rings (SSSR count). The Labute approximate surface area is 115 Å². The Balaban J connectivity index is 1.88. The van der Waals surface area contributed by atoms with Crippen LogP contribution in [0.2, 0.25) is 0 Å². The van der Waals surface area contributed by atoms with Gasteiger partial charge < -0.3 is 10.2 Å². The zero-order valence-electron chi connectivity index (χ0n) is 11.6. The Morgan fingerprint density at radius 1 is 1.21 bits per heavy atom. The molecule has 1 amide bonds. The van der Waals surface area contributed by atoms with E-state index >= 15 is 0 Å². The number of hydrogen-bond acceptors (Lipinski definition) is 2. The van der Waals surface area contributed by atoms with E-state index < -0.39 is 0 Å². The fraction of sp³-hybridized carbons (Fsp3) is 0.562. The molecule has 19 heavy (non-hydrogen) atoms. The van der Waals surface area contributed by atoms with E-state index in [1.54, 1.807) is 0 Å². The van der Waals surface area contributed by atoms with Crippen LogP contribution in [0.5, 0.6) is 0 Å². The van der Waals surface area contributed by atoms with Crippen LogP contribution in [0.3, 0.4) is 0 Å². The Morgan fingerprint density at radius 2 is 2.05 bits per heavy atom. The fourth-order valence-corrected chi connectivity index (χ4v) is 3.53. The van der Waals surface area contributed by atoms with Gasteiger partial charge in [-0.3, -0.25) is 4.79 Å². The standard InChI is InChI=1S/C16H22N2O/c1-17-14-9-5-11-18(16(14)19)15-10-4-7-12-6-2-3-8-13(12)15/h2-3,6,8,14-15,17H,4-5,7,9-11H2,1H3. The van der Waals surface area contributed by atoms with Crippen molar-refractivity contribution in [2.24, 2.45) is 0 Å². The predicted octanol–water partition coefficient (Wildman–Crippen LogP) is 2.27. The van der Waals surface area contributed by atoms with Gasteiger partial charge in [-0.15, -0.1) is 0 Å². The van der Waals surface area contributed by atoms with E-state index in [1.165, 1.54) is 17.5 Å². The first-order chi connectivity index (χ1) is 9.31. The highest BCUT2D eigenvalue weighted by Gasteiger charge is 2.34. The summed E-state index contributed by atoms with van der Waals surface area (Å²) < 4.78 is 0. The van der Waals surface area contributed by atoms with E-state index in [-0.39, 0.29) is 11.9 Å². The second kappa shape index (κ2) is 5.33. The number of amides is 1. The molecule has 1 aliphatic heterocycles. The molecule has 0 aromatic heterocycles. The summed E-state index contributed by atoms with van der Waals surface area (Å²) in [4.78, 5) is 14.6. The Morgan fingerprint density at radius 3 is 2.89 bits per heavy atom. The third kappa shape index (κ3) is 2.27. The van der Waals surface area contributed by atoms with E-state index in [2.05, 4.69) is 34.5 Å². The van der Waals surface area contributed by atoms with Crippen molar-refractivity contribution in [3.63, 3.8) is 0 Å².